The van der Waals surface area contributed by atoms with E-state index in [9.17, 15) is 18.0 Å². The average Bonchev–Trinajstić information content (AvgIpc) is 2.93. The van der Waals surface area contributed by atoms with Crippen LogP contribution in [0.5, 0.6) is 34.5 Å². The van der Waals surface area contributed by atoms with Crippen molar-refractivity contribution in [2.45, 2.75) is 51.3 Å². The lowest BCUT2D eigenvalue weighted by molar-refractivity contribution is -0.130. The van der Waals surface area contributed by atoms with Crippen LogP contribution in [0.4, 0.5) is 0 Å². The molecule has 0 N–H and O–H groups in total. The number of carbonyl (C=O) groups excluding carboxylic acids is 2. The molecule has 0 aliphatic heterocycles. The van der Waals surface area contributed by atoms with E-state index in [1.165, 1.54) is 13.8 Å². The Morgan fingerprint density at radius 3 is 0.977 bits per heavy atom. The van der Waals surface area contributed by atoms with E-state index in [2.05, 4.69) is 13.2 Å². The molecule has 15 heteroatoms. The Bertz CT molecular complexity index is 1390. The molecule has 0 aromatic heterocycles. The molecule has 0 atom stereocenters. The standard InChI is InChI=1S/C28H30Cl4O10S/c1-9-37-21-15(29)19(41-27(33)13(5)6)16(30)22(38-10-2)25(21)43(35,36)26-23(39-11-3)17(31)20(42-28(34)14(7)8)18(32)24(26)40-12-4/h5,7,9-12H2,1-4,6,8H3. The van der Waals surface area contributed by atoms with Crippen LogP contribution >= 0.6 is 46.4 Å². The van der Waals surface area contributed by atoms with Crippen molar-refractivity contribution in [3.63, 3.8) is 0 Å². The summed E-state index contributed by atoms with van der Waals surface area (Å²) in [4.78, 5) is 23.4. The van der Waals surface area contributed by atoms with Crippen molar-refractivity contribution in [1.82, 2.24) is 0 Å². The third kappa shape index (κ3) is 7.46. The fourth-order valence-electron chi connectivity index (χ4n) is 3.43. The van der Waals surface area contributed by atoms with E-state index in [0.717, 1.165) is 0 Å². The fourth-order valence-corrected chi connectivity index (χ4v) is 6.71. The quantitative estimate of drug-likeness (QED) is 0.110. The predicted octanol–water partition coefficient (Wildman–Crippen LogP) is 7.69. The Balaban J connectivity index is 3.19. The zero-order valence-corrected chi connectivity index (χ0v) is 28.1. The summed E-state index contributed by atoms with van der Waals surface area (Å²) in [7, 11) is -4.92. The number of ether oxygens (including phenoxy) is 6. The summed E-state index contributed by atoms with van der Waals surface area (Å²) < 4.78 is 62.7. The van der Waals surface area contributed by atoms with E-state index in [4.69, 9.17) is 74.8 Å². The van der Waals surface area contributed by atoms with Crippen LogP contribution in [-0.4, -0.2) is 46.8 Å². The molecule has 43 heavy (non-hydrogen) atoms. The van der Waals surface area contributed by atoms with Gasteiger partial charge in [0.1, 0.15) is 20.1 Å². The number of sulfone groups is 1. The summed E-state index contributed by atoms with van der Waals surface area (Å²) in [5.74, 6) is -4.47. The third-order valence-electron chi connectivity index (χ3n) is 5.20. The second-order valence-electron chi connectivity index (χ2n) is 8.46. The van der Waals surface area contributed by atoms with Gasteiger partial charge in [0, 0.05) is 11.1 Å². The number of esters is 2. The van der Waals surface area contributed by atoms with Crippen LogP contribution in [0.25, 0.3) is 0 Å². The van der Waals surface area contributed by atoms with Crippen molar-refractivity contribution >= 4 is 68.2 Å². The first-order valence-corrected chi connectivity index (χ1v) is 15.7. The van der Waals surface area contributed by atoms with Crippen molar-refractivity contribution in [1.29, 1.82) is 0 Å². The molecule has 0 unspecified atom stereocenters. The Hall–Kier alpha value is -2.83. The predicted molar refractivity (Wildman–Crippen MR) is 164 cm³/mol. The van der Waals surface area contributed by atoms with Gasteiger partial charge in [0.25, 0.3) is 0 Å². The van der Waals surface area contributed by atoms with Gasteiger partial charge in [0.05, 0.1) is 26.4 Å². The molecule has 2 rings (SSSR count). The summed E-state index contributed by atoms with van der Waals surface area (Å²) in [5.41, 5.74) is 0.0263. The molecule has 10 nitrogen and oxygen atoms in total. The van der Waals surface area contributed by atoms with Crippen molar-refractivity contribution in [3.8, 4) is 34.5 Å². The molecule has 0 heterocycles. The van der Waals surface area contributed by atoms with Crippen LogP contribution in [0.1, 0.15) is 41.5 Å². The molecular weight excluding hydrogens is 670 g/mol. The summed E-state index contributed by atoms with van der Waals surface area (Å²) in [5, 5.41) is -1.82. The van der Waals surface area contributed by atoms with Gasteiger partial charge in [-0.15, -0.1) is 0 Å². The maximum absolute atomic E-state index is 14.7. The average molecular weight is 700 g/mol. The van der Waals surface area contributed by atoms with Gasteiger partial charge in [-0.3, -0.25) is 0 Å². The normalized spacial score (nSPS) is 11.0. The van der Waals surface area contributed by atoms with E-state index in [0.29, 0.717) is 0 Å². The van der Waals surface area contributed by atoms with E-state index in [1.807, 2.05) is 0 Å². The molecular formula is C28H30Cl4O10S. The topological polar surface area (TPSA) is 124 Å². The molecule has 0 aliphatic carbocycles. The van der Waals surface area contributed by atoms with Gasteiger partial charge in [-0.2, -0.15) is 0 Å². The molecule has 0 radical (unpaired) electrons. The number of benzene rings is 2. The highest BCUT2D eigenvalue weighted by Crippen LogP contribution is 2.58. The van der Waals surface area contributed by atoms with Crippen LogP contribution in [0, 0.1) is 0 Å². The summed E-state index contributed by atoms with van der Waals surface area (Å²) in [6.07, 6.45) is 0. The lowest BCUT2D eigenvalue weighted by Crippen LogP contribution is -2.16. The zero-order valence-electron chi connectivity index (χ0n) is 24.2. The van der Waals surface area contributed by atoms with Crippen molar-refractivity contribution in [3.05, 3.63) is 44.4 Å². The van der Waals surface area contributed by atoms with Crippen LogP contribution in [-0.2, 0) is 19.4 Å². The Labute approximate surface area is 270 Å². The summed E-state index contributed by atoms with van der Waals surface area (Å²) >= 11 is 26.3. The minimum Gasteiger partial charge on any atom is -0.491 e. The molecule has 0 aliphatic rings. The molecule has 0 amide bonds. The second-order valence-corrected chi connectivity index (χ2v) is 11.8. The van der Waals surface area contributed by atoms with Crippen LogP contribution in [0.3, 0.4) is 0 Å². The smallest absolute Gasteiger partial charge is 0.338 e. The highest BCUT2D eigenvalue weighted by Gasteiger charge is 2.42. The SMILES string of the molecule is C=C(C)C(=O)Oc1c(Cl)c(OCC)c(S(=O)(=O)c2c(OCC)c(Cl)c(OC(=O)C(=C)C)c(Cl)c2OCC)c(OCC)c1Cl. The van der Waals surface area contributed by atoms with E-state index < -0.39 is 86.2 Å². The van der Waals surface area contributed by atoms with E-state index in [-0.39, 0.29) is 37.6 Å². The molecule has 2 aromatic carbocycles. The fraction of sp³-hybridized carbons (Fsp3) is 0.357. The largest absolute Gasteiger partial charge is 0.491 e. The number of hydrogen-bond donors (Lipinski definition) is 0. The molecule has 0 saturated heterocycles. The maximum atomic E-state index is 14.7. The highest BCUT2D eigenvalue weighted by atomic mass is 35.5. The second kappa shape index (κ2) is 15.3. The van der Waals surface area contributed by atoms with Gasteiger partial charge in [0.2, 0.25) is 9.84 Å². The van der Waals surface area contributed by atoms with Crippen molar-refractivity contribution in [2.24, 2.45) is 0 Å². The van der Waals surface area contributed by atoms with Crippen molar-refractivity contribution in [2.75, 3.05) is 26.4 Å². The minimum absolute atomic E-state index is 0.0131. The minimum atomic E-state index is -4.92. The van der Waals surface area contributed by atoms with Gasteiger partial charge < -0.3 is 28.4 Å². The van der Waals surface area contributed by atoms with E-state index >= 15 is 0 Å². The Morgan fingerprint density at radius 2 is 0.791 bits per heavy atom. The zero-order chi connectivity index (χ0) is 32.8. The third-order valence-corrected chi connectivity index (χ3v) is 8.39. The van der Waals surface area contributed by atoms with Gasteiger partial charge in [0.15, 0.2) is 44.3 Å². The molecule has 0 bridgehead atoms. The first-order chi connectivity index (χ1) is 20.1. The van der Waals surface area contributed by atoms with Crippen molar-refractivity contribution < 1.29 is 46.4 Å². The molecule has 2 aromatic rings. The summed E-state index contributed by atoms with van der Waals surface area (Å²) in [6.45, 7) is 15.8. The molecule has 236 valence electrons. The van der Waals surface area contributed by atoms with Crippen LogP contribution in [0.2, 0.25) is 20.1 Å². The lowest BCUT2D eigenvalue weighted by atomic mass is 10.2. The Morgan fingerprint density at radius 1 is 0.558 bits per heavy atom. The Kier molecular flexibility index (Phi) is 12.9. The van der Waals surface area contributed by atoms with Gasteiger partial charge in [-0.1, -0.05) is 59.6 Å². The van der Waals surface area contributed by atoms with E-state index in [1.54, 1.807) is 27.7 Å². The molecule has 0 fully saturated rings. The number of rotatable bonds is 14. The van der Waals surface area contributed by atoms with Crippen LogP contribution in [0.15, 0.2) is 34.1 Å². The first kappa shape index (κ1) is 36.4. The van der Waals surface area contributed by atoms with Gasteiger partial charge in [-0.05, 0) is 41.5 Å². The summed E-state index contributed by atoms with van der Waals surface area (Å²) in [6, 6.07) is 0. The number of halogens is 4. The monoisotopic (exact) mass is 698 g/mol. The van der Waals surface area contributed by atoms with Gasteiger partial charge >= 0.3 is 11.9 Å². The highest BCUT2D eigenvalue weighted by molar-refractivity contribution is 7.92. The first-order valence-electron chi connectivity index (χ1n) is 12.7. The maximum Gasteiger partial charge on any atom is 0.338 e. The number of carbonyl (C=O) groups is 2. The molecule has 0 saturated carbocycles. The number of hydrogen-bond acceptors (Lipinski definition) is 10. The lowest BCUT2D eigenvalue weighted by Gasteiger charge is -2.24. The van der Waals surface area contributed by atoms with Gasteiger partial charge in [-0.25, -0.2) is 18.0 Å². The molecule has 0 spiro atoms. The van der Waals surface area contributed by atoms with Crippen LogP contribution < -0.4 is 28.4 Å².